The van der Waals surface area contributed by atoms with Crippen molar-refractivity contribution in [3.05, 3.63) is 66.0 Å². The van der Waals surface area contributed by atoms with Gasteiger partial charge < -0.3 is 5.32 Å². The van der Waals surface area contributed by atoms with Gasteiger partial charge in [0.25, 0.3) is 11.6 Å². The molecule has 0 saturated carbocycles. The Morgan fingerprint density at radius 1 is 1.14 bits per heavy atom. The molecule has 0 unspecified atom stereocenters. The monoisotopic (exact) mass is 432 g/mol. The zero-order chi connectivity index (χ0) is 15.6. The summed E-state index contributed by atoms with van der Waals surface area (Å²) in [5.41, 5.74) is 0.513. The number of rotatable bonds is 3. The molecule has 0 spiro atoms. The number of carbonyl (C=O) groups is 1. The fraction of sp³-hybridized carbons (Fsp3) is 0. The number of halogens is 3. The molecule has 2 aromatic carbocycles. The summed E-state index contributed by atoms with van der Waals surface area (Å²) in [5, 5.41) is 13.9. The molecule has 0 atom stereocenters. The van der Waals surface area contributed by atoms with E-state index in [1.54, 1.807) is 18.2 Å². The summed E-state index contributed by atoms with van der Waals surface area (Å²) >= 11 is 12.3. The van der Waals surface area contributed by atoms with Crippen LogP contribution in [0.4, 0.5) is 11.4 Å². The molecule has 0 aromatic heterocycles. The van der Waals surface area contributed by atoms with Gasteiger partial charge >= 0.3 is 0 Å². The molecule has 0 saturated heterocycles. The molecule has 1 amide bonds. The van der Waals surface area contributed by atoms with Crippen LogP contribution in [0.15, 0.2) is 45.3 Å². The molecule has 2 aromatic rings. The van der Waals surface area contributed by atoms with E-state index in [0.29, 0.717) is 19.7 Å². The average molecular weight is 434 g/mol. The quantitative estimate of drug-likeness (QED) is 0.544. The highest BCUT2D eigenvalue weighted by Crippen LogP contribution is 2.27. The van der Waals surface area contributed by atoms with Gasteiger partial charge in [0, 0.05) is 21.8 Å². The van der Waals surface area contributed by atoms with Crippen molar-refractivity contribution in [1.29, 1.82) is 0 Å². The summed E-state index contributed by atoms with van der Waals surface area (Å²) < 4.78 is 1.03. The standard InChI is InChI=1S/C13H7Br2ClN2O3/c14-9-4-2-8(6-11(9)16)17-13(19)7-1-3-10(15)12(5-7)18(20)21/h1-6H,(H,17,19). The zero-order valence-corrected chi connectivity index (χ0v) is 14.2. The molecule has 108 valence electrons. The maximum absolute atomic E-state index is 12.1. The van der Waals surface area contributed by atoms with Crippen LogP contribution in [0.3, 0.4) is 0 Å². The third-order valence-electron chi connectivity index (χ3n) is 2.58. The van der Waals surface area contributed by atoms with E-state index in [4.69, 9.17) is 11.6 Å². The van der Waals surface area contributed by atoms with Gasteiger partial charge in [-0.25, -0.2) is 0 Å². The highest BCUT2D eigenvalue weighted by atomic mass is 79.9. The summed E-state index contributed by atoms with van der Waals surface area (Å²) in [7, 11) is 0. The zero-order valence-electron chi connectivity index (χ0n) is 10.3. The summed E-state index contributed by atoms with van der Waals surface area (Å²) in [4.78, 5) is 22.4. The second-order valence-corrected chi connectivity index (χ2v) is 6.12. The minimum Gasteiger partial charge on any atom is -0.322 e. The second kappa shape index (κ2) is 6.55. The molecule has 21 heavy (non-hydrogen) atoms. The average Bonchev–Trinajstić information content (AvgIpc) is 2.43. The molecular weight excluding hydrogens is 427 g/mol. The molecule has 0 radical (unpaired) electrons. The molecule has 8 heteroatoms. The van der Waals surface area contributed by atoms with E-state index in [-0.39, 0.29) is 11.3 Å². The summed E-state index contributed by atoms with van der Waals surface area (Å²) in [6, 6.07) is 9.11. The predicted octanol–water partition coefficient (Wildman–Crippen LogP) is 5.03. The second-order valence-electron chi connectivity index (χ2n) is 4.01. The highest BCUT2D eigenvalue weighted by molar-refractivity contribution is 9.11. The van der Waals surface area contributed by atoms with Gasteiger partial charge in [-0.3, -0.25) is 14.9 Å². The number of hydrogen-bond donors (Lipinski definition) is 1. The minimum absolute atomic E-state index is 0.170. The topological polar surface area (TPSA) is 72.2 Å². The maximum atomic E-state index is 12.1. The largest absolute Gasteiger partial charge is 0.322 e. The number of nitro benzene ring substituents is 1. The first kappa shape index (κ1) is 15.9. The number of nitrogens with zero attached hydrogens (tertiary/aromatic N) is 1. The van der Waals surface area contributed by atoms with Crippen LogP contribution in [0, 0.1) is 10.1 Å². The van der Waals surface area contributed by atoms with Crippen LogP contribution in [0.2, 0.25) is 5.02 Å². The summed E-state index contributed by atoms with van der Waals surface area (Å²) in [6.45, 7) is 0. The number of nitrogens with one attached hydrogen (secondary N) is 1. The first-order chi connectivity index (χ1) is 9.88. The van der Waals surface area contributed by atoms with Gasteiger partial charge in [0.1, 0.15) is 0 Å². The molecule has 0 aliphatic heterocycles. The van der Waals surface area contributed by atoms with Crippen molar-refractivity contribution in [2.45, 2.75) is 0 Å². The lowest BCUT2D eigenvalue weighted by Gasteiger charge is -2.07. The highest BCUT2D eigenvalue weighted by Gasteiger charge is 2.16. The molecule has 0 heterocycles. The molecular formula is C13H7Br2ClN2O3. The van der Waals surface area contributed by atoms with Crippen LogP contribution >= 0.6 is 43.5 Å². The Bertz CT molecular complexity index is 737. The van der Waals surface area contributed by atoms with Gasteiger partial charge in [-0.15, -0.1) is 0 Å². The molecule has 2 rings (SSSR count). The molecule has 5 nitrogen and oxygen atoms in total. The van der Waals surface area contributed by atoms with Crippen molar-refractivity contribution in [3.8, 4) is 0 Å². The Labute approximate surface area is 141 Å². The third kappa shape index (κ3) is 3.81. The number of benzene rings is 2. The van der Waals surface area contributed by atoms with Gasteiger partial charge in [-0.05, 0) is 62.2 Å². The van der Waals surface area contributed by atoms with Crippen molar-refractivity contribution in [2.24, 2.45) is 0 Å². The molecule has 0 bridgehead atoms. The number of amides is 1. The van der Waals surface area contributed by atoms with Crippen molar-refractivity contribution in [1.82, 2.24) is 0 Å². The molecule has 1 N–H and O–H groups in total. The number of hydrogen-bond acceptors (Lipinski definition) is 3. The van der Waals surface area contributed by atoms with Gasteiger partial charge in [0.15, 0.2) is 0 Å². The van der Waals surface area contributed by atoms with Crippen molar-refractivity contribution < 1.29 is 9.72 Å². The van der Waals surface area contributed by atoms with Crippen LogP contribution in [0.5, 0.6) is 0 Å². The van der Waals surface area contributed by atoms with E-state index in [1.807, 2.05) is 0 Å². The van der Waals surface area contributed by atoms with Crippen LogP contribution < -0.4 is 5.32 Å². The van der Waals surface area contributed by atoms with Crippen molar-refractivity contribution in [2.75, 3.05) is 5.32 Å². The third-order valence-corrected chi connectivity index (χ3v) is 4.49. The Balaban J connectivity index is 2.26. The van der Waals surface area contributed by atoms with Crippen LogP contribution in [-0.2, 0) is 0 Å². The first-order valence-corrected chi connectivity index (χ1v) is 7.55. The Hall–Kier alpha value is -1.44. The first-order valence-electron chi connectivity index (χ1n) is 5.59. The summed E-state index contributed by atoms with van der Waals surface area (Å²) in [5.74, 6) is -0.455. The van der Waals surface area contributed by atoms with Gasteiger partial charge in [-0.1, -0.05) is 11.6 Å². The molecule has 0 aliphatic rings. The van der Waals surface area contributed by atoms with E-state index in [9.17, 15) is 14.9 Å². The lowest BCUT2D eigenvalue weighted by Crippen LogP contribution is -2.12. The minimum atomic E-state index is -0.558. The molecule has 0 aliphatic carbocycles. The van der Waals surface area contributed by atoms with E-state index in [1.165, 1.54) is 18.2 Å². The van der Waals surface area contributed by atoms with Crippen LogP contribution in [0.1, 0.15) is 10.4 Å². The fourth-order valence-electron chi connectivity index (χ4n) is 1.57. The van der Waals surface area contributed by atoms with E-state index in [0.717, 1.165) is 0 Å². The van der Waals surface area contributed by atoms with E-state index in [2.05, 4.69) is 37.2 Å². The fourth-order valence-corrected chi connectivity index (χ4v) is 2.39. The number of nitro groups is 1. The van der Waals surface area contributed by atoms with Gasteiger partial charge in [0.05, 0.1) is 14.4 Å². The van der Waals surface area contributed by atoms with Gasteiger partial charge in [-0.2, -0.15) is 0 Å². The van der Waals surface area contributed by atoms with Crippen molar-refractivity contribution >= 4 is 60.7 Å². The lowest BCUT2D eigenvalue weighted by molar-refractivity contribution is -0.385. The molecule has 0 fully saturated rings. The smallest absolute Gasteiger partial charge is 0.284 e. The Kier molecular flexibility index (Phi) is 4.97. The Morgan fingerprint density at radius 2 is 1.81 bits per heavy atom. The normalized spacial score (nSPS) is 10.2. The van der Waals surface area contributed by atoms with E-state index >= 15 is 0 Å². The van der Waals surface area contributed by atoms with Crippen LogP contribution in [0.25, 0.3) is 0 Å². The SMILES string of the molecule is O=C(Nc1ccc(Br)c(Cl)c1)c1ccc(Br)c([N+](=O)[O-])c1. The van der Waals surface area contributed by atoms with Crippen LogP contribution in [-0.4, -0.2) is 10.8 Å². The predicted molar refractivity (Wildman–Crippen MR) is 87.9 cm³/mol. The van der Waals surface area contributed by atoms with Crippen molar-refractivity contribution in [3.63, 3.8) is 0 Å². The number of anilines is 1. The maximum Gasteiger partial charge on any atom is 0.284 e. The Morgan fingerprint density at radius 3 is 2.43 bits per heavy atom. The van der Waals surface area contributed by atoms with E-state index < -0.39 is 10.8 Å². The summed E-state index contributed by atoms with van der Waals surface area (Å²) in [6.07, 6.45) is 0. The van der Waals surface area contributed by atoms with Gasteiger partial charge in [0.2, 0.25) is 0 Å². The lowest BCUT2D eigenvalue weighted by atomic mass is 10.2. The number of carbonyl (C=O) groups excluding carboxylic acids is 1.